The van der Waals surface area contributed by atoms with Gasteiger partial charge in [-0.15, -0.1) is 0 Å². The molecule has 3 heterocycles. The van der Waals surface area contributed by atoms with Crippen molar-refractivity contribution in [2.24, 2.45) is 5.41 Å². The van der Waals surface area contributed by atoms with E-state index in [2.05, 4.69) is 14.9 Å². The molecule has 1 saturated heterocycles. The maximum absolute atomic E-state index is 12.4. The Kier molecular flexibility index (Phi) is 4.30. The van der Waals surface area contributed by atoms with Crippen LogP contribution in [0.4, 0.5) is 5.82 Å². The summed E-state index contributed by atoms with van der Waals surface area (Å²) in [4.78, 5) is 25.7. The summed E-state index contributed by atoms with van der Waals surface area (Å²) in [7, 11) is 0. The molecule has 6 nitrogen and oxygen atoms in total. The van der Waals surface area contributed by atoms with Crippen LogP contribution in [-0.2, 0) is 4.79 Å². The molecule has 3 rings (SSSR count). The van der Waals surface area contributed by atoms with Crippen LogP contribution in [0.15, 0.2) is 30.6 Å². The molecule has 0 spiro atoms. The molecule has 1 aliphatic rings. The Balaban J connectivity index is 1.74. The smallest absolute Gasteiger partial charge is 0.228 e. The van der Waals surface area contributed by atoms with E-state index in [1.165, 1.54) is 0 Å². The Morgan fingerprint density at radius 1 is 1.00 bits per heavy atom. The predicted molar refractivity (Wildman–Crippen MR) is 94.3 cm³/mol. The quantitative estimate of drug-likeness (QED) is 0.849. The van der Waals surface area contributed by atoms with Crippen LogP contribution >= 0.6 is 0 Å². The number of hydrogen-bond acceptors (Lipinski definition) is 4. The van der Waals surface area contributed by atoms with Crippen LogP contribution in [0.3, 0.4) is 0 Å². The van der Waals surface area contributed by atoms with Crippen LogP contribution in [0.5, 0.6) is 0 Å². The monoisotopic (exact) mass is 327 g/mol. The molecule has 0 saturated carbocycles. The summed E-state index contributed by atoms with van der Waals surface area (Å²) in [5, 5.41) is 0. The average molecular weight is 327 g/mol. The maximum atomic E-state index is 12.4. The SMILES string of the molecule is Cc1nc(N2CCN(C(=O)C(C)(C)C)CC2)cc(-n2cccc2)n1. The summed E-state index contributed by atoms with van der Waals surface area (Å²) in [5.74, 6) is 2.77. The topological polar surface area (TPSA) is 54.3 Å². The van der Waals surface area contributed by atoms with E-state index in [1.54, 1.807) is 0 Å². The first-order valence-corrected chi connectivity index (χ1v) is 8.38. The largest absolute Gasteiger partial charge is 0.353 e. The first kappa shape index (κ1) is 16.5. The van der Waals surface area contributed by atoms with Gasteiger partial charge in [-0.1, -0.05) is 20.8 Å². The second-order valence-corrected chi connectivity index (χ2v) is 7.25. The van der Waals surface area contributed by atoms with Gasteiger partial charge in [-0.05, 0) is 19.1 Å². The zero-order valence-corrected chi connectivity index (χ0v) is 14.9. The molecule has 2 aromatic heterocycles. The molecule has 128 valence electrons. The van der Waals surface area contributed by atoms with Crippen molar-refractivity contribution < 1.29 is 4.79 Å². The zero-order chi connectivity index (χ0) is 17.3. The second kappa shape index (κ2) is 6.26. The summed E-state index contributed by atoms with van der Waals surface area (Å²) in [6.07, 6.45) is 3.96. The van der Waals surface area contributed by atoms with E-state index in [-0.39, 0.29) is 11.3 Å². The molecule has 6 heteroatoms. The van der Waals surface area contributed by atoms with E-state index in [0.29, 0.717) is 0 Å². The van der Waals surface area contributed by atoms with Gasteiger partial charge in [0.25, 0.3) is 0 Å². The predicted octanol–water partition coefficient (Wildman–Crippen LogP) is 2.27. The Hall–Kier alpha value is -2.37. The number of piperazine rings is 1. The first-order valence-electron chi connectivity index (χ1n) is 8.38. The number of nitrogens with zero attached hydrogens (tertiary/aromatic N) is 5. The minimum Gasteiger partial charge on any atom is -0.353 e. The summed E-state index contributed by atoms with van der Waals surface area (Å²) in [6.45, 7) is 10.9. The van der Waals surface area contributed by atoms with Gasteiger partial charge in [0.05, 0.1) is 0 Å². The van der Waals surface area contributed by atoms with Crippen molar-refractivity contribution >= 4 is 11.7 Å². The number of anilines is 1. The molecule has 0 atom stereocenters. The van der Waals surface area contributed by atoms with Crippen LogP contribution in [0.1, 0.15) is 26.6 Å². The number of carbonyl (C=O) groups is 1. The van der Waals surface area contributed by atoms with Crippen molar-refractivity contribution in [3.8, 4) is 5.82 Å². The molecule has 0 radical (unpaired) electrons. The van der Waals surface area contributed by atoms with E-state index >= 15 is 0 Å². The van der Waals surface area contributed by atoms with Gasteiger partial charge in [0.15, 0.2) is 0 Å². The van der Waals surface area contributed by atoms with Gasteiger partial charge < -0.3 is 14.4 Å². The minimum atomic E-state index is -0.324. The summed E-state index contributed by atoms with van der Waals surface area (Å²) >= 11 is 0. The van der Waals surface area contributed by atoms with Crippen LogP contribution in [0.25, 0.3) is 5.82 Å². The number of carbonyl (C=O) groups excluding carboxylic acids is 1. The van der Waals surface area contributed by atoms with Crippen molar-refractivity contribution in [3.63, 3.8) is 0 Å². The fourth-order valence-corrected chi connectivity index (χ4v) is 2.93. The fraction of sp³-hybridized carbons (Fsp3) is 0.500. The summed E-state index contributed by atoms with van der Waals surface area (Å²) in [6, 6.07) is 5.97. The number of hydrogen-bond donors (Lipinski definition) is 0. The molecule has 0 unspecified atom stereocenters. The van der Waals surface area contributed by atoms with Crippen molar-refractivity contribution in [3.05, 3.63) is 36.4 Å². The fourth-order valence-electron chi connectivity index (χ4n) is 2.93. The van der Waals surface area contributed by atoms with E-state index in [4.69, 9.17) is 0 Å². The molecule has 1 aliphatic heterocycles. The maximum Gasteiger partial charge on any atom is 0.228 e. The second-order valence-electron chi connectivity index (χ2n) is 7.25. The third kappa shape index (κ3) is 3.42. The average Bonchev–Trinajstić information content (AvgIpc) is 3.07. The number of aryl methyl sites for hydroxylation is 1. The Labute approximate surface area is 143 Å². The lowest BCUT2D eigenvalue weighted by Crippen LogP contribution is -2.51. The number of aromatic nitrogens is 3. The van der Waals surface area contributed by atoms with E-state index < -0.39 is 0 Å². The minimum absolute atomic E-state index is 0.217. The molecule has 0 aromatic carbocycles. The van der Waals surface area contributed by atoms with Gasteiger partial charge in [-0.25, -0.2) is 9.97 Å². The van der Waals surface area contributed by atoms with E-state index in [9.17, 15) is 4.79 Å². The van der Waals surface area contributed by atoms with Gasteiger partial charge in [0.2, 0.25) is 5.91 Å². The number of amides is 1. The third-order valence-corrected chi connectivity index (χ3v) is 4.21. The van der Waals surface area contributed by atoms with Crippen molar-refractivity contribution in [2.45, 2.75) is 27.7 Å². The normalized spacial score (nSPS) is 15.7. The van der Waals surface area contributed by atoms with E-state index in [1.807, 2.05) is 67.8 Å². The van der Waals surface area contributed by atoms with Gasteiger partial charge in [-0.2, -0.15) is 0 Å². The highest BCUT2D eigenvalue weighted by Crippen LogP contribution is 2.21. The zero-order valence-electron chi connectivity index (χ0n) is 14.9. The highest BCUT2D eigenvalue weighted by atomic mass is 16.2. The Bertz CT molecular complexity index is 710. The van der Waals surface area contributed by atoms with Crippen LogP contribution in [0.2, 0.25) is 0 Å². The summed E-state index contributed by atoms with van der Waals surface area (Å²) < 4.78 is 1.98. The molecular weight excluding hydrogens is 302 g/mol. The Morgan fingerprint density at radius 2 is 1.58 bits per heavy atom. The van der Waals surface area contributed by atoms with Gasteiger partial charge in [0, 0.05) is 50.1 Å². The van der Waals surface area contributed by atoms with Crippen LogP contribution in [0, 0.1) is 12.3 Å². The van der Waals surface area contributed by atoms with Crippen molar-refractivity contribution in [1.82, 2.24) is 19.4 Å². The molecule has 0 bridgehead atoms. The van der Waals surface area contributed by atoms with Crippen molar-refractivity contribution in [1.29, 1.82) is 0 Å². The standard InChI is InChI=1S/C18H25N5O/c1-14-19-15(21-7-5-6-8-21)13-16(20-14)22-9-11-23(12-10-22)17(24)18(2,3)4/h5-8,13H,9-12H2,1-4H3. The lowest BCUT2D eigenvalue weighted by Gasteiger charge is -2.38. The lowest BCUT2D eigenvalue weighted by molar-refractivity contribution is -0.139. The lowest BCUT2D eigenvalue weighted by atomic mass is 9.94. The van der Waals surface area contributed by atoms with Crippen LogP contribution in [-0.4, -0.2) is 51.5 Å². The highest BCUT2D eigenvalue weighted by Gasteiger charge is 2.30. The molecule has 0 aliphatic carbocycles. The van der Waals surface area contributed by atoms with Gasteiger partial charge in [0.1, 0.15) is 17.5 Å². The van der Waals surface area contributed by atoms with E-state index in [0.717, 1.165) is 43.6 Å². The molecule has 0 N–H and O–H groups in total. The molecule has 24 heavy (non-hydrogen) atoms. The van der Waals surface area contributed by atoms with Crippen LogP contribution < -0.4 is 4.90 Å². The first-order chi connectivity index (χ1) is 11.3. The highest BCUT2D eigenvalue weighted by molar-refractivity contribution is 5.81. The molecule has 1 fully saturated rings. The third-order valence-electron chi connectivity index (χ3n) is 4.21. The molecule has 1 amide bonds. The summed E-state index contributed by atoms with van der Waals surface area (Å²) in [5.41, 5.74) is -0.324. The van der Waals surface area contributed by atoms with Crippen molar-refractivity contribution in [2.75, 3.05) is 31.1 Å². The van der Waals surface area contributed by atoms with Gasteiger partial charge in [-0.3, -0.25) is 4.79 Å². The number of rotatable bonds is 2. The van der Waals surface area contributed by atoms with Gasteiger partial charge >= 0.3 is 0 Å². The molecular formula is C18H25N5O. The Morgan fingerprint density at radius 3 is 2.17 bits per heavy atom. The molecule has 2 aromatic rings.